The Hall–Kier alpha value is -1.38. The highest BCUT2D eigenvalue weighted by Crippen LogP contribution is 2.04. The van der Waals surface area contributed by atoms with Gasteiger partial charge in [-0.25, -0.2) is 0 Å². The number of hydrogen-bond acceptors (Lipinski definition) is 10. The number of carbonyl (C=O) groups is 2. The zero-order chi connectivity index (χ0) is 21.7. The molecule has 3 saturated heterocycles. The molecule has 12 nitrogen and oxygen atoms in total. The number of hydrogen-bond donors (Lipinski definition) is 10. The number of fused-ring (bicyclic) bond motifs is 15. The Morgan fingerprint density at radius 3 is 1.00 bits per heavy atom. The third-order valence-corrected chi connectivity index (χ3v) is 5.45. The molecular formula is C18H38N8O4. The van der Waals surface area contributed by atoms with Gasteiger partial charge in [-0.05, 0) is 0 Å². The van der Waals surface area contributed by atoms with Crippen molar-refractivity contribution in [3.8, 4) is 0 Å². The molecule has 0 aromatic carbocycles. The second-order valence-corrected chi connectivity index (χ2v) is 8.12. The van der Waals surface area contributed by atoms with Gasteiger partial charge in [0.1, 0.15) is 0 Å². The van der Waals surface area contributed by atoms with Crippen LogP contribution in [0.4, 0.5) is 0 Å². The predicted molar refractivity (Wildman–Crippen MR) is 114 cm³/mol. The highest BCUT2D eigenvalue weighted by molar-refractivity contribution is 5.69. The van der Waals surface area contributed by atoms with Gasteiger partial charge in [0.05, 0.1) is 24.2 Å². The van der Waals surface area contributed by atoms with Crippen LogP contribution in [0.1, 0.15) is 0 Å². The highest BCUT2D eigenvalue weighted by atomic mass is 16.4. The molecule has 2 bridgehead atoms. The van der Waals surface area contributed by atoms with Crippen LogP contribution in [0.3, 0.4) is 0 Å². The topological polar surface area (TPSA) is 171 Å². The Morgan fingerprint density at radius 1 is 0.567 bits per heavy atom. The molecule has 3 fully saturated rings. The van der Waals surface area contributed by atoms with E-state index in [4.69, 9.17) is 10.2 Å². The normalized spacial score (nSPS) is 30.3. The highest BCUT2D eigenvalue weighted by Gasteiger charge is 2.32. The van der Waals surface area contributed by atoms with Gasteiger partial charge < -0.3 is 42.1 Å². The van der Waals surface area contributed by atoms with Crippen molar-refractivity contribution >= 4 is 11.9 Å². The Bertz CT molecular complexity index is 447. The molecule has 0 atom stereocenters. The number of aliphatic carboxylic acids is 2. The quantitative estimate of drug-likeness (QED) is 0.196. The lowest BCUT2D eigenvalue weighted by molar-refractivity contribution is -0.137. The fraction of sp³-hybridized carbons (Fsp3) is 0.889. The van der Waals surface area contributed by atoms with E-state index in [-0.39, 0.29) is 13.1 Å². The van der Waals surface area contributed by atoms with Crippen molar-refractivity contribution in [2.75, 3.05) is 91.6 Å². The maximum Gasteiger partial charge on any atom is 0.317 e. The summed E-state index contributed by atoms with van der Waals surface area (Å²) in [6, 6.07) is 0. The van der Waals surface area contributed by atoms with E-state index < -0.39 is 23.0 Å². The summed E-state index contributed by atoms with van der Waals surface area (Å²) < 4.78 is 0. The van der Waals surface area contributed by atoms with Crippen LogP contribution in [0, 0.1) is 0 Å². The Balaban J connectivity index is 2.13. The summed E-state index contributed by atoms with van der Waals surface area (Å²) in [4.78, 5) is 22.3. The third kappa shape index (κ3) is 9.18. The number of carboxylic acids is 2. The zero-order valence-corrected chi connectivity index (χ0v) is 17.6. The molecule has 0 spiro atoms. The Kier molecular flexibility index (Phi) is 10.9. The van der Waals surface area contributed by atoms with Gasteiger partial charge in [0.2, 0.25) is 0 Å². The summed E-state index contributed by atoms with van der Waals surface area (Å²) in [5, 5.41) is 45.4. The van der Waals surface area contributed by atoms with Crippen molar-refractivity contribution in [2.24, 2.45) is 0 Å². The van der Waals surface area contributed by atoms with Crippen molar-refractivity contribution in [3.05, 3.63) is 0 Å². The van der Waals surface area contributed by atoms with E-state index in [1.807, 2.05) is 0 Å². The minimum atomic E-state index is -0.876. The monoisotopic (exact) mass is 430 g/mol. The van der Waals surface area contributed by atoms with Crippen molar-refractivity contribution in [3.63, 3.8) is 0 Å². The third-order valence-electron chi connectivity index (χ3n) is 5.45. The summed E-state index contributed by atoms with van der Waals surface area (Å²) in [5.41, 5.74) is -0.862. The molecule has 12 heteroatoms. The minimum absolute atomic E-state index is 0.0996. The average Bonchev–Trinajstić information content (AvgIpc) is 2.71. The Morgan fingerprint density at radius 2 is 0.800 bits per heavy atom. The maximum absolute atomic E-state index is 11.2. The standard InChI is InChI=1S/C18H38N8O4/c27-15(28)7-25-17-9-19-1-2-20-10-18(26-8-16(29)30,13-23-5-3-21-11-17)14-24-6-4-22-12-17/h19-26H,1-14H2,(H,27,28)(H,29,30). The molecular weight excluding hydrogens is 392 g/mol. The molecule has 0 amide bonds. The van der Waals surface area contributed by atoms with Crippen LogP contribution in [0.5, 0.6) is 0 Å². The van der Waals surface area contributed by atoms with Gasteiger partial charge in [-0.2, -0.15) is 0 Å². The predicted octanol–water partition coefficient (Wildman–Crippen LogP) is -4.62. The van der Waals surface area contributed by atoms with E-state index in [1.54, 1.807) is 0 Å². The maximum atomic E-state index is 11.2. The molecule has 3 rings (SSSR count). The first-order chi connectivity index (χ1) is 14.5. The fourth-order valence-corrected chi connectivity index (χ4v) is 3.77. The molecule has 0 saturated carbocycles. The minimum Gasteiger partial charge on any atom is -0.480 e. The van der Waals surface area contributed by atoms with Crippen molar-refractivity contribution in [1.29, 1.82) is 0 Å². The van der Waals surface area contributed by atoms with Crippen LogP contribution in [-0.2, 0) is 9.59 Å². The number of carboxylic acid groups (broad SMARTS) is 2. The smallest absolute Gasteiger partial charge is 0.317 e. The van der Waals surface area contributed by atoms with Gasteiger partial charge in [-0.15, -0.1) is 0 Å². The lowest BCUT2D eigenvalue weighted by Crippen LogP contribution is -2.67. The molecule has 0 aromatic rings. The van der Waals surface area contributed by atoms with Crippen LogP contribution >= 0.6 is 0 Å². The summed E-state index contributed by atoms with van der Waals surface area (Å²) in [6.07, 6.45) is 0. The molecule has 3 heterocycles. The summed E-state index contributed by atoms with van der Waals surface area (Å²) in [6.45, 7) is 7.79. The lowest BCUT2D eigenvalue weighted by atomic mass is 9.97. The molecule has 3 aliphatic heterocycles. The van der Waals surface area contributed by atoms with Gasteiger partial charge in [0.15, 0.2) is 0 Å². The van der Waals surface area contributed by atoms with Gasteiger partial charge in [0.25, 0.3) is 0 Å². The second kappa shape index (κ2) is 13.1. The van der Waals surface area contributed by atoms with Crippen LogP contribution in [0.2, 0.25) is 0 Å². The summed E-state index contributed by atoms with van der Waals surface area (Å²) in [7, 11) is 0. The Labute approximate surface area is 177 Å². The van der Waals surface area contributed by atoms with Gasteiger partial charge in [0, 0.05) is 78.5 Å². The first kappa shape index (κ1) is 24.9. The molecule has 0 aromatic heterocycles. The van der Waals surface area contributed by atoms with E-state index in [2.05, 4.69) is 42.5 Å². The SMILES string of the molecule is O=C(O)CNC12CNCCNCC(NCC(=O)O)(CNCCNC1)CNCCNC2. The van der Waals surface area contributed by atoms with Crippen LogP contribution < -0.4 is 42.5 Å². The van der Waals surface area contributed by atoms with Gasteiger partial charge >= 0.3 is 11.9 Å². The molecule has 3 aliphatic rings. The lowest BCUT2D eigenvalue weighted by Gasteiger charge is -2.38. The molecule has 0 radical (unpaired) electrons. The summed E-state index contributed by atoms with van der Waals surface area (Å²) in [5.74, 6) is -1.75. The van der Waals surface area contributed by atoms with E-state index in [1.165, 1.54) is 0 Å². The molecule has 10 N–H and O–H groups in total. The number of nitrogens with one attached hydrogen (secondary N) is 8. The molecule has 174 valence electrons. The largest absolute Gasteiger partial charge is 0.480 e. The van der Waals surface area contributed by atoms with E-state index in [9.17, 15) is 9.59 Å². The molecule has 0 aliphatic carbocycles. The first-order valence-corrected chi connectivity index (χ1v) is 10.6. The van der Waals surface area contributed by atoms with E-state index in [0.29, 0.717) is 78.5 Å². The van der Waals surface area contributed by atoms with Crippen LogP contribution in [0.15, 0.2) is 0 Å². The van der Waals surface area contributed by atoms with E-state index in [0.717, 1.165) is 0 Å². The van der Waals surface area contributed by atoms with E-state index >= 15 is 0 Å². The first-order valence-electron chi connectivity index (χ1n) is 10.6. The average molecular weight is 431 g/mol. The van der Waals surface area contributed by atoms with Crippen LogP contribution in [0.25, 0.3) is 0 Å². The van der Waals surface area contributed by atoms with Gasteiger partial charge in [-0.3, -0.25) is 20.2 Å². The second-order valence-electron chi connectivity index (χ2n) is 8.12. The van der Waals surface area contributed by atoms with Crippen molar-refractivity contribution in [2.45, 2.75) is 11.1 Å². The summed E-state index contributed by atoms with van der Waals surface area (Å²) >= 11 is 0. The zero-order valence-electron chi connectivity index (χ0n) is 17.6. The molecule has 0 unspecified atom stereocenters. The molecule has 30 heavy (non-hydrogen) atoms. The van der Waals surface area contributed by atoms with Crippen LogP contribution in [-0.4, -0.2) is 125 Å². The van der Waals surface area contributed by atoms with Crippen molar-refractivity contribution < 1.29 is 19.8 Å². The van der Waals surface area contributed by atoms with Gasteiger partial charge in [-0.1, -0.05) is 0 Å². The number of rotatable bonds is 6. The van der Waals surface area contributed by atoms with Crippen molar-refractivity contribution in [1.82, 2.24) is 42.5 Å². The fourth-order valence-electron chi connectivity index (χ4n) is 3.77.